The third-order valence-electron chi connectivity index (χ3n) is 6.29. The van der Waals surface area contributed by atoms with E-state index in [0.29, 0.717) is 11.4 Å². The van der Waals surface area contributed by atoms with Gasteiger partial charge < -0.3 is 14.2 Å². The van der Waals surface area contributed by atoms with Crippen molar-refractivity contribution >= 4 is 25.4 Å². The average molecular weight is 559 g/mol. The summed E-state index contributed by atoms with van der Waals surface area (Å²) in [4.78, 5) is 38.5. The zero-order chi connectivity index (χ0) is 26.8. The van der Waals surface area contributed by atoms with Gasteiger partial charge >= 0.3 is 19.5 Å². The number of benzene rings is 1. The summed E-state index contributed by atoms with van der Waals surface area (Å²) in [6.07, 6.45) is -2.06. The van der Waals surface area contributed by atoms with Gasteiger partial charge in [-0.15, -0.1) is 0 Å². The van der Waals surface area contributed by atoms with Crippen LogP contribution in [-0.4, -0.2) is 53.7 Å². The number of hydrogen-bond acceptors (Lipinski definition) is 10. The number of aromatic amines is 1. The van der Waals surface area contributed by atoms with Crippen molar-refractivity contribution in [2.45, 2.75) is 56.8 Å². The van der Waals surface area contributed by atoms with E-state index < -0.39 is 55.2 Å². The van der Waals surface area contributed by atoms with Crippen molar-refractivity contribution in [1.29, 1.82) is 0 Å². The summed E-state index contributed by atoms with van der Waals surface area (Å²) in [5.74, 6) is -0.547. The Hall–Kier alpha value is -2.31. The first kappa shape index (κ1) is 27.7. The van der Waals surface area contributed by atoms with E-state index in [2.05, 4.69) is 4.98 Å². The van der Waals surface area contributed by atoms with Crippen LogP contribution in [0.1, 0.15) is 44.6 Å². The summed E-state index contributed by atoms with van der Waals surface area (Å²) in [7, 11) is -2.68. The van der Waals surface area contributed by atoms with Gasteiger partial charge in [-0.2, -0.15) is 0 Å². The van der Waals surface area contributed by atoms with Crippen LogP contribution in [0.2, 0.25) is 5.02 Å². The highest BCUT2D eigenvalue weighted by molar-refractivity contribution is 7.48. The number of phosphoric acid groups is 1. The Labute approximate surface area is 217 Å². The van der Waals surface area contributed by atoms with Crippen LogP contribution in [0.3, 0.4) is 0 Å². The zero-order valence-electron chi connectivity index (χ0n) is 20.5. The Morgan fingerprint density at radius 3 is 2.78 bits per heavy atom. The number of hydrogen-bond donors (Lipinski definition) is 1. The number of H-pyrrole nitrogens is 1. The van der Waals surface area contributed by atoms with Crippen LogP contribution in [0, 0.1) is 0 Å². The molecule has 14 heteroatoms. The Bertz CT molecular complexity index is 1300. The number of ether oxygens (including phenoxy) is 3. The van der Waals surface area contributed by atoms with Gasteiger partial charge in [0.05, 0.1) is 19.3 Å². The van der Waals surface area contributed by atoms with Gasteiger partial charge in [-0.25, -0.2) is 9.36 Å². The standard InChI is InChI=1S/C23H28ClN2O10P/c1-4-19(28)35-20-17(34-21(23(20,2)31-3)26-10-8-18(27)25-22(26)29)13-33-37(30)32-11-9-16(36-37)14-6-5-7-15(24)12-14/h5-8,10,12,16-17,20-21H,4,9,11,13H2,1-3H3,(H,25,27,29). The Kier molecular flexibility index (Phi) is 8.39. The first-order valence-electron chi connectivity index (χ1n) is 11.6. The van der Waals surface area contributed by atoms with Crippen LogP contribution in [-0.2, 0) is 37.1 Å². The van der Waals surface area contributed by atoms with E-state index in [4.69, 9.17) is 39.4 Å². The van der Waals surface area contributed by atoms with Gasteiger partial charge in [0.2, 0.25) is 0 Å². The smallest absolute Gasteiger partial charge is 0.456 e. The highest BCUT2D eigenvalue weighted by Gasteiger charge is 2.58. The molecule has 0 radical (unpaired) electrons. The molecule has 37 heavy (non-hydrogen) atoms. The molecule has 1 N–H and O–H groups in total. The molecule has 2 aliphatic heterocycles. The van der Waals surface area contributed by atoms with Crippen LogP contribution in [0.25, 0.3) is 0 Å². The molecule has 2 aliphatic rings. The Balaban J connectivity index is 1.57. The lowest BCUT2D eigenvalue weighted by atomic mass is 9.95. The van der Waals surface area contributed by atoms with Crippen LogP contribution in [0.15, 0.2) is 46.1 Å². The fourth-order valence-electron chi connectivity index (χ4n) is 4.27. The topological polar surface area (TPSA) is 144 Å². The maximum Gasteiger partial charge on any atom is 0.475 e. The van der Waals surface area contributed by atoms with Crippen molar-refractivity contribution in [3.63, 3.8) is 0 Å². The normalized spacial score (nSPS) is 31.8. The minimum absolute atomic E-state index is 0.0686. The number of nitrogens with one attached hydrogen (secondary N) is 1. The number of halogens is 1. The Morgan fingerprint density at radius 1 is 1.32 bits per heavy atom. The third-order valence-corrected chi connectivity index (χ3v) is 8.00. The van der Waals surface area contributed by atoms with Gasteiger partial charge in [-0.05, 0) is 24.6 Å². The van der Waals surface area contributed by atoms with Crippen molar-refractivity contribution in [2.24, 2.45) is 0 Å². The summed E-state index contributed by atoms with van der Waals surface area (Å²) in [6, 6.07) is 8.12. The Morgan fingerprint density at radius 2 is 2.11 bits per heavy atom. The van der Waals surface area contributed by atoms with E-state index in [1.165, 1.54) is 13.3 Å². The second-order valence-corrected chi connectivity index (χ2v) is 10.8. The van der Waals surface area contributed by atoms with E-state index in [0.717, 1.165) is 16.2 Å². The maximum absolute atomic E-state index is 13.3. The first-order chi connectivity index (χ1) is 17.6. The number of nitrogens with zero attached hydrogens (tertiary/aromatic N) is 1. The molecule has 1 aromatic heterocycles. The number of carbonyl (C=O) groups excluding carboxylic acids is 1. The van der Waals surface area contributed by atoms with Gasteiger partial charge in [0, 0.05) is 37.2 Å². The number of methoxy groups -OCH3 is 1. The predicted octanol–water partition coefficient (Wildman–Crippen LogP) is 3.12. The average Bonchev–Trinajstić information content (AvgIpc) is 3.14. The van der Waals surface area contributed by atoms with Crippen LogP contribution >= 0.6 is 19.4 Å². The van der Waals surface area contributed by atoms with E-state index in [9.17, 15) is 18.9 Å². The molecular formula is C23H28ClN2O10P. The van der Waals surface area contributed by atoms with Gasteiger partial charge in [0.25, 0.3) is 5.56 Å². The molecule has 12 nitrogen and oxygen atoms in total. The lowest BCUT2D eigenvalue weighted by molar-refractivity contribution is -0.168. The van der Waals surface area contributed by atoms with Crippen molar-refractivity contribution < 1.29 is 37.1 Å². The number of carbonyl (C=O) groups is 1. The molecule has 2 aromatic rings. The first-order valence-corrected chi connectivity index (χ1v) is 13.5. The molecule has 4 rings (SSSR count). The number of esters is 1. The molecule has 1 aromatic carbocycles. The van der Waals surface area contributed by atoms with E-state index in [1.807, 2.05) is 0 Å². The number of rotatable bonds is 8. The third kappa shape index (κ3) is 5.91. The minimum atomic E-state index is -4.05. The maximum atomic E-state index is 13.3. The molecule has 6 unspecified atom stereocenters. The lowest BCUT2D eigenvalue weighted by Crippen LogP contribution is -2.50. The van der Waals surface area contributed by atoms with Gasteiger partial charge in [-0.3, -0.25) is 32.7 Å². The predicted molar refractivity (Wildman–Crippen MR) is 130 cm³/mol. The van der Waals surface area contributed by atoms with Crippen LogP contribution < -0.4 is 11.2 Å². The molecular weight excluding hydrogens is 531 g/mol. The summed E-state index contributed by atoms with van der Waals surface area (Å²) in [6.45, 7) is 2.94. The second kappa shape index (κ2) is 11.2. The van der Waals surface area contributed by atoms with Crippen LogP contribution in [0.4, 0.5) is 0 Å². The van der Waals surface area contributed by atoms with E-state index >= 15 is 0 Å². The van der Waals surface area contributed by atoms with Crippen molar-refractivity contribution in [2.75, 3.05) is 20.3 Å². The summed E-state index contributed by atoms with van der Waals surface area (Å²) < 4.78 is 48.5. The molecule has 2 fully saturated rings. The fourth-order valence-corrected chi connectivity index (χ4v) is 5.87. The molecule has 202 valence electrons. The van der Waals surface area contributed by atoms with Gasteiger partial charge in [-0.1, -0.05) is 30.7 Å². The van der Waals surface area contributed by atoms with Crippen molar-refractivity contribution in [1.82, 2.24) is 9.55 Å². The molecule has 0 amide bonds. The number of aromatic nitrogens is 2. The molecule has 0 saturated carbocycles. The molecule has 0 aliphatic carbocycles. The molecule has 2 saturated heterocycles. The summed E-state index contributed by atoms with van der Waals surface area (Å²) in [5.41, 5.74) is -2.01. The quantitative estimate of drug-likeness (QED) is 0.379. The summed E-state index contributed by atoms with van der Waals surface area (Å²) >= 11 is 6.08. The SMILES string of the molecule is CCC(=O)OC1C(COP2(=O)OCCC(c3cccc(Cl)c3)O2)OC(n2ccc(=O)[nH]c2=O)C1(C)OC. The van der Waals surface area contributed by atoms with E-state index in [1.54, 1.807) is 38.1 Å². The summed E-state index contributed by atoms with van der Waals surface area (Å²) in [5, 5.41) is 0.505. The van der Waals surface area contributed by atoms with Gasteiger partial charge in [0.1, 0.15) is 11.7 Å². The monoisotopic (exact) mass is 558 g/mol. The minimum Gasteiger partial charge on any atom is -0.456 e. The van der Waals surface area contributed by atoms with Gasteiger partial charge in [0.15, 0.2) is 12.3 Å². The lowest BCUT2D eigenvalue weighted by Gasteiger charge is -2.34. The van der Waals surface area contributed by atoms with E-state index in [-0.39, 0.29) is 19.6 Å². The largest absolute Gasteiger partial charge is 0.475 e. The molecule has 0 bridgehead atoms. The molecule has 3 heterocycles. The highest BCUT2D eigenvalue weighted by atomic mass is 35.5. The molecule has 6 atom stereocenters. The molecule has 0 spiro atoms. The van der Waals surface area contributed by atoms with Crippen molar-refractivity contribution in [3.8, 4) is 0 Å². The highest BCUT2D eigenvalue weighted by Crippen LogP contribution is 2.57. The van der Waals surface area contributed by atoms with Crippen LogP contribution in [0.5, 0.6) is 0 Å². The second-order valence-electron chi connectivity index (χ2n) is 8.71. The zero-order valence-corrected chi connectivity index (χ0v) is 22.1. The number of phosphoric ester groups is 1. The fraction of sp³-hybridized carbons (Fsp3) is 0.522. The van der Waals surface area contributed by atoms with Crippen molar-refractivity contribution in [3.05, 3.63) is 68.0 Å².